The van der Waals surface area contributed by atoms with Crippen molar-refractivity contribution in [3.63, 3.8) is 0 Å². The molecule has 0 radical (unpaired) electrons. The van der Waals surface area contributed by atoms with Gasteiger partial charge in [0.1, 0.15) is 9.88 Å². The van der Waals surface area contributed by atoms with E-state index < -0.39 is 5.97 Å². The van der Waals surface area contributed by atoms with Gasteiger partial charge in [-0.3, -0.25) is 4.68 Å². The van der Waals surface area contributed by atoms with Gasteiger partial charge in [-0.2, -0.15) is 5.10 Å². The molecule has 0 unspecified atom stereocenters. The first-order chi connectivity index (χ1) is 7.49. The molecule has 0 spiro atoms. The summed E-state index contributed by atoms with van der Waals surface area (Å²) in [5.74, 6) is -0.928. The average Bonchev–Trinajstić information content (AvgIpc) is 2.69. The Bertz CT molecular complexity index is 556. The van der Waals surface area contributed by atoms with Gasteiger partial charge in [-0.15, -0.1) is 11.3 Å². The van der Waals surface area contributed by atoms with Crippen LogP contribution in [0.2, 0.25) is 0 Å². The first-order valence-corrected chi connectivity index (χ1v) is 5.52. The van der Waals surface area contributed by atoms with E-state index in [1.807, 2.05) is 20.2 Å². The van der Waals surface area contributed by atoms with Crippen LogP contribution in [0, 0.1) is 13.8 Å². The first kappa shape index (κ1) is 10.8. The van der Waals surface area contributed by atoms with Gasteiger partial charge in [-0.25, -0.2) is 9.78 Å². The molecule has 1 N–H and O–H groups in total. The molecule has 0 fully saturated rings. The molecule has 0 aliphatic rings. The molecular weight excluding hydrogens is 226 g/mol. The predicted molar refractivity (Wildman–Crippen MR) is 60.7 cm³/mol. The summed E-state index contributed by atoms with van der Waals surface area (Å²) in [4.78, 5) is 15.5. The average molecular weight is 237 g/mol. The van der Waals surface area contributed by atoms with Crippen molar-refractivity contribution in [1.29, 1.82) is 0 Å². The summed E-state index contributed by atoms with van der Waals surface area (Å²) in [5.41, 5.74) is 2.30. The van der Waals surface area contributed by atoms with Gasteiger partial charge in [0.05, 0.1) is 17.0 Å². The highest BCUT2D eigenvalue weighted by Crippen LogP contribution is 2.29. The van der Waals surface area contributed by atoms with Crippen molar-refractivity contribution in [3.8, 4) is 10.6 Å². The summed E-state index contributed by atoms with van der Waals surface area (Å²) in [5, 5.41) is 13.9. The van der Waals surface area contributed by atoms with Crippen LogP contribution in [0.3, 0.4) is 0 Å². The Morgan fingerprint density at radius 3 is 2.56 bits per heavy atom. The lowest BCUT2D eigenvalue weighted by Crippen LogP contribution is -1.94. The Hall–Kier alpha value is -1.69. The standard InChI is InChI=1S/C10H11N3O2S/c1-5-7(4-13(3)12-5)9-11-6(2)8(16-9)10(14)15/h4H,1-3H3,(H,14,15). The van der Waals surface area contributed by atoms with Crippen LogP contribution in [0.5, 0.6) is 0 Å². The highest BCUT2D eigenvalue weighted by Gasteiger charge is 2.17. The number of carbonyl (C=O) groups is 1. The molecule has 2 aromatic heterocycles. The van der Waals surface area contributed by atoms with Gasteiger partial charge in [-0.1, -0.05) is 0 Å². The number of aromatic carboxylic acids is 1. The van der Waals surface area contributed by atoms with E-state index in [9.17, 15) is 4.79 Å². The minimum absolute atomic E-state index is 0.290. The Morgan fingerprint density at radius 2 is 2.12 bits per heavy atom. The van der Waals surface area contributed by atoms with Crippen LogP contribution in [-0.4, -0.2) is 25.8 Å². The number of thiazole rings is 1. The normalized spacial score (nSPS) is 10.7. The van der Waals surface area contributed by atoms with Gasteiger partial charge in [0.2, 0.25) is 0 Å². The molecule has 0 aliphatic carbocycles. The fourth-order valence-electron chi connectivity index (χ4n) is 1.52. The molecule has 0 aromatic carbocycles. The summed E-state index contributed by atoms with van der Waals surface area (Å²) < 4.78 is 1.70. The molecule has 2 heterocycles. The van der Waals surface area contributed by atoms with Crippen LogP contribution < -0.4 is 0 Å². The van der Waals surface area contributed by atoms with Gasteiger partial charge in [0, 0.05) is 13.2 Å². The second-order valence-corrected chi connectivity index (χ2v) is 4.54. The highest BCUT2D eigenvalue weighted by molar-refractivity contribution is 7.17. The number of hydrogen-bond acceptors (Lipinski definition) is 4. The molecule has 84 valence electrons. The van der Waals surface area contributed by atoms with Crippen LogP contribution in [0.25, 0.3) is 10.6 Å². The molecule has 2 rings (SSSR count). The van der Waals surface area contributed by atoms with E-state index in [0.29, 0.717) is 15.6 Å². The number of hydrogen-bond donors (Lipinski definition) is 1. The van der Waals surface area contributed by atoms with Crippen molar-refractivity contribution in [2.24, 2.45) is 7.05 Å². The molecule has 0 amide bonds. The van der Waals surface area contributed by atoms with Crippen LogP contribution in [-0.2, 0) is 7.05 Å². The molecule has 0 saturated carbocycles. The summed E-state index contributed by atoms with van der Waals surface area (Å²) in [6.07, 6.45) is 1.85. The Kier molecular flexibility index (Phi) is 2.51. The smallest absolute Gasteiger partial charge is 0.347 e. The van der Waals surface area contributed by atoms with Gasteiger partial charge in [0.25, 0.3) is 0 Å². The van der Waals surface area contributed by atoms with Crippen molar-refractivity contribution < 1.29 is 9.90 Å². The van der Waals surface area contributed by atoms with Gasteiger partial charge in [0.15, 0.2) is 0 Å². The van der Waals surface area contributed by atoms with Crippen molar-refractivity contribution in [1.82, 2.24) is 14.8 Å². The SMILES string of the molecule is Cc1nn(C)cc1-c1nc(C)c(C(=O)O)s1. The number of carboxylic acids is 1. The molecule has 0 aliphatic heterocycles. The third-order valence-electron chi connectivity index (χ3n) is 2.23. The third-order valence-corrected chi connectivity index (χ3v) is 3.41. The predicted octanol–water partition coefficient (Wildman–Crippen LogP) is 1.86. The van der Waals surface area contributed by atoms with E-state index in [1.165, 1.54) is 11.3 Å². The van der Waals surface area contributed by atoms with Crippen LogP contribution in [0.4, 0.5) is 0 Å². The third kappa shape index (κ3) is 1.71. The lowest BCUT2D eigenvalue weighted by atomic mass is 10.3. The molecule has 5 nitrogen and oxygen atoms in total. The van der Waals surface area contributed by atoms with Crippen molar-refractivity contribution in [2.75, 3.05) is 0 Å². The number of nitrogens with zero attached hydrogens (tertiary/aromatic N) is 3. The minimum atomic E-state index is -0.928. The second kappa shape index (κ2) is 3.71. The lowest BCUT2D eigenvalue weighted by molar-refractivity contribution is 0.0701. The quantitative estimate of drug-likeness (QED) is 0.865. The van der Waals surface area contributed by atoms with Crippen LogP contribution in [0.1, 0.15) is 21.1 Å². The maximum absolute atomic E-state index is 10.9. The van der Waals surface area contributed by atoms with E-state index in [1.54, 1.807) is 11.6 Å². The second-order valence-electron chi connectivity index (χ2n) is 3.54. The number of aryl methyl sites for hydroxylation is 3. The number of aromatic nitrogens is 3. The van der Waals surface area contributed by atoms with E-state index in [4.69, 9.17) is 5.11 Å². The van der Waals surface area contributed by atoms with Crippen molar-refractivity contribution >= 4 is 17.3 Å². The Balaban J connectivity index is 2.53. The molecule has 0 saturated heterocycles. The van der Waals surface area contributed by atoms with Gasteiger partial charge in [-0.05, 0) is 13.8 Å². The van der Waals surface area contributed by atoms with Crippen molar-refractivity contribution in [2.45, 2.75) is 13.8 Å². The Morgan fingerprint density at radius 1 is 1.44 bits per heavy atom. The van der Waals surface area contributed by atoms with Gasteiger partial charge >= 0.3 is 5.97 Å². The zero-order valence-electron chi connectivity index (χ0n) is 9.18. The van der Waals surface area contributed by atoms with E-state index in [-0.39, 0.29) is 0 Å². The fraction of sp³-hybridized carbons (Fsp3) is 0.300. The molecule has 0 atom stereocenters. The summed E-state index contributed by atoms with van der Waals surface area (Å²) in [6.45, 7) is 3.58. The summed E-state index contributed by atoms with van der Waals surface area (Å²) >= 11 is 1.18. The monoisotopic (exact) mass is 237 g/mol. The largest absolute Gasteiger partial charge is 0.477 e. The van der Waals surface area contributed by atoms with Crippen LogP contribution >= 0.6 is 11.3 Å². The number of rotatable bonds is 2. The Labute approximate surface area is 96.4 Å². The summed E-state index contributed by atoms with van der Waals surface area (Å²) in [6, 6.07) is 0. The zero-order chi connectivity index (χ0) is 11.9. The maximum Gasteiger partial charge on any atom is 0.347 e. The molecule has 2 aromatic rings. The van der Waals surface area contributed by atoms with Crippen LogP contribution in [0.15, 0.2) is 6.20 Å². The maximum atomic E-state index is 10.9. The lowest BCUT2D eigenvalue weighted by Gasteiger charge is -1.89. The zero-order valence-corrected chi connectivity index (χ0v) is 10.00. The first-order valence-electron chi connectivity index (χ1n) is 4.70. The molecule has 0 bridgehead atoms. The molecule has 6 heteroatoms. The number of carboxylic acid groups (broad SMARTS) is 1. The minimum Gasteiger partial charge on any atom is -0.477 e. The summed E-state index contributed by atoms with van der Waals surface area (Å²) in [7, 11) is 1.83. The molecule has 16 heavy (non-hydrogen) atoms. The fourth-order valence-corrected chi connectivity index (χ4v) is 2.49. The van der Waals surface area contributed by atoms with E-state index >= 15 is 0 Å². The van der Waals surface area contributed by atoms with E-state index in [2.05, 4.69) is 10.1 Å². The van der Waals surface area contributed by atoms with Crippen molar-refractivity contribution in [3.05, 3.63) is 22.5 Å². The van der Waals surface area contributed by atoms with Gasteiger partial charge < -0.3 is 5.11 Å². The van der Waals surface area contributed by atoms with E-state index in [0.717, 1.165) is 11.3 Å². The highest BCUT2D eigenvalue weighted by atomic mass is 32.1. The molecular formula is C10H11N3O2S. The topological polar surface area (TPSA) is 68.0 Å².